The fraction of sp³-hybridized carbons (Fsp3) is 0.833. The first-order valence-electron chi connectivity index (χ1n) is 20.7. The summed E-state index contributed by atoms with van der Waals surface area (Å²) in [7, 11) is 0. The molecular weight excluding hydrogens is 760 g/mol. The van der Waals surface area contributed by atoms with Crippen molar-refractivity contribution in [3.63, 3.8) is 0 Å². The fourth-order valence-corrected chi connectivity index (χ4v) is 12.9. The molecule has 2 saturated heterocycles. The van der Waals surface area contributed by atoms with Gasteiger partial charge in [0, 0.05) is 5.41 Å². The van der Waals surface area contributed by atoms with Crippen LogP contribution in [0.4, 0.5) is 0 Å². The molecule has 0 spiro atoms. The molecule has 0 bridgehead atoms. The Morgan fingerprint density at radius 3 is 1.93 bits per heavy atom. The van der Waals surface area contributed by atoms with Gasteiger partial charge in [0.15, 0.2) is 24.8 Å². The molecule has 2 aliphatic heterocycles. The zero-order chi connectivity index (χ0) is 42.7. The number of carbonyl (C=O) groups is 3. The van der Waals surface area contributed by atoms with Crippen LogP contribution in [0.3, 0.4) is 0 Å². The van der Waals surface area contributed by atoms with Crippen molar-refractivity contribution in [2.45, 2.75) is 167 Å². The summed E-state index contributed by atoms with van der Waals surface area (Å²) in [5.41, 5.74) is -0.0843. The first kappa shape index (κ1) is 43.6. The average Bonchev–Trinajstić information content (AvgIpc) is 3.16. The lowest BCUT2D eigenvalue weighted by Gasteiger charge is -2.69. The number of hydrogen-bond acceptors (Lipinski definition) is 13. The zero-order valence-corrected chi connectivity index (χ0v) is 34.1. The molecule has 0 aromatic heterocycles. The highest BCUT2D eigenvalue weighted by molar-refractivity contribution is 5.75. The molecule has 0 amide bonds. The van der Waals surface area contributed by atoms with Gasteiger partial charge in [0.25, 0.3) is 0 Å². The molecule has 0 aromatic rings. The molecule has 3 saturated carbocycles. The van der Waals surface area contributed by atoms with Crippen molar-refractivity contribution in [2.24, 2.45) is 44.3 Å². The van der Waals surface area contributed by atoms with E-state index in [0.717, 1.165) is 25.7 Å². The molecule has 16 heteroatoms. The van der Waals surface area contributed by atoms with E-state index in [1.807, 2.05) is 13.8 Å². The number of rotatable bonds is 8. The molecule has 0 unspecified atom stereocenters. The van der Waals surface area contributed by atoms with E-state index in [1.54, 1.807) is 0 Å². The molecule has 0 aromatic carbocycles. The van der Waals surface area contributed by atoms with Crippen molar-refractivity contribution in [3.8, 4) is 0 Å². The highest BCUT2D eigenvalue weighted by atomic mass is 16.8. The fourth-order valence-electron chi connectivity index (χ4n) is 12.9. The van der Waals surface area contributed by atoms with Crippen molar-refractivity contribution in [1.82, 2.24) is 0 Å². The summed E-state index contributed by atoms with van der Waals surface area (Å²) in [4.78, 5) is 36.5. The van der Waals surface area contributed by atoms with Crippen molar-refractivity contribution in [1.29, 1.82) is 0 Å². The molecule has 16 nitrogen and oxygen atoms in total. The van der Waals surface area contributed by atoms with E-state index in [0.29, 0.717) is 32.1 Å². The SMILES string of the molecule is C[C@@]1(C(=O)O)CC[C@]2(C)CC[C@]3(C)C(=C2C1)C=C[C@@H]1[C@@]2(C)CC[C@H](O[C@H]4O[C@@H](C(=O)O)[C@H](O)[C@@H](O)[C@@H]4O[C@H]4O[C@@H](C(=O)O)[C@H](O)[C@@H](O)[C@@H]4O)[C@@](C)(CO)[C@@H]2CC[C@@]13C. The molecule has 9 N–H and O–H groups in total. The second kappa shape index (κ2) is 14.6. The summed E-state index contributed by atoms with van der Waals surface area (Å²) in [6.07, 6.45) is -9.53. The third-order valence-electron chi connectivity index (χ3n) is 17.0. The van der Waals surface area contributed by atoms with E-state index in [2.05, 4.69) is 39.8 Å². The number of aliphatic carboxylic acids is 3. The molecule has 58 heavy (non-hydrogen) atoms. The van der Waals surface area contributed by atoms with Gasteiger partial charge in [-0.05, 0) is 104 Å². The second-order valence-electron chi connectivity index (χ2n) is 20.1. The Labute approximate surface area is 337 Å². The van der Waals surface area contributed by atoms with Gasteiger partial charge in [-0.3, -0.25) is 4.79 Å². The number of fused-ring (bicyclic) bond motifs is 6. The average molecular weight is 823 g/mol. The largest absolute Gasteiger partial charge is 0.481 e. The number of carboxylic acid groups (broad SMARTS) is 3. The summed E-state index contributed by atoms with van der Waals surface area (Å²) in [5.74, 6) is -4.11. The Hall–Kier alpha value is -2.51. The minimum Gasteiger partial charge on any atom is -0.481 e. The molecular formula is C42H62O16. The van der Waals surface area contributed by atoms with Crippen LogP contribution in [0.5, 0.6) is 0 Å². The van der Waals surface area contributed by atoms with E-state index >= 15 is 0 Å². The number of carboxylic acids is 3. The van der Waals surface area contributed by atoms with Crippen LogP contribution in [0, 0.1) is 44.3 Å². The number of aliphatic hydroxyl groups excluding tert-OH is 6. The lowest BCUT2D eigenvalue weighted by molar-refractivity contribution is -0.372. The minimum atomic E-state index is -2.06. The van der Waals surface area contributed by atoms with E-state index in [-0.39, 0.29) is 40.1 Å². The topological polar surface area (TPSA) is 270 Å². The lowest BCUT2D eigenvalue weighted by Crippen LogP contribution is -2.67. The number of hydrogen-bond donors (Lipinski definition) is 9. The summed E-state index contributed by atoms with van der Waals surface area (Å²) >= 11 is 0. The number of ether oxygens (including phenoxy) is 4. The van der Waals surface area contributed by atoms with E-state index in [9.17, 15) is 60.3 Å². The van der Waals surface area contributed by atoms with Crippen LogP contribution < -0.4 is 0 Å². The summed E-state index contributed by atoms with van der Waals surface area (Å²) in [6, 6.07) is 0. The van der Waals surface area contributed by atoms with E-state index in [4.69, 9.17) is 18.9 Å². The maximum Gasteiger partial charge on any atom is 0.335 e. The Kier molecular flexibility index (Phi) is 10.9. The molecule has 2 heterocycles. The number of allylic oxidation sites excluding steroid dienone is 4. The standard InChI is InChI=1S/C42H62O16/c1-37-13-14-38(2,36(53)54)17-20(37)19-7-8-22-39(3)11-10-23(40(4,18-43)21(39)9-12-42(22,6)41(19,5)16-15-37)55-35-31(27(47)26(46)30(57-35)33(51)52)58-34-28(48)24(44)25(45)29(56-34)32(49)50/h7-8,21-31,34-35,43-48H,9-18H2,1-6H3,(H,49,50)(H,51,52)(H,53,54)/t21-,22-,23+,24-,25-,26-,27-,28+,29-,30-,31+,34-,35+,37-,38-,39+,40+,41-,42+/m1/s1. The highest BCUT2D eigenvalue weighted by Gasteiger charge is 2.68. The van der Waals surface area contributed by atoms with Crippen LogP contribution in [0.25, 0.3) is 0 Å². The van der Waals surface area contributed by atoms with Gasteiger partial charge in [0.1, 0.15) is 36.6 Å². The van der Waals surface area contributed by atoms with Gasteiger partial charge in [-0.15, -0.1) is 0 Å². The van der Waals surface area contributed by atoms with Gasteiger partial charge < -0.3 is 64.9 Å². The monoisotopic (exact) mass is 822 g/mol. The molecule has 326 valence electrons. The van der Waals surface area contributed by atoms with Crippen LogP contribution in [0.15, 0.2) is 23.3 Å². The minimum absolute atomic E-state index is 0.0600. The van der Waals surface area contributed by atoms with Crippen LogP contribution in [0.1, 0.15) is 99.3 Å². The van der Waals surface area contributed by atoms with Gasteiger partial charge in [0.05, 0.1) is 18.1 Å². The van der Waals surface area contributed by atoms with Crippen LogP contribution in [-0.2, 0) is 33.3 Å². The lowest BCUT2D eigenvalue weighted by atomic mass is 9.35. The van der Waals surface area contributed by atoms with Crippen molar-refractivity contribution < 1.29 is 79.3 Å². The molecule has 5 fully saturated rings. The predicted octanol–water partition coefficient (Wildman–Crippen LogP) is 1.96. The molecule has 5 aliphatic carbocycles. The molecule has 7 rings (SSSR count). The summed E-state index contributed by atoms with van der Waals surface area (Å²) < 4.78 is 23.3. The van der Waals surface area contributed by atoms with Crippen molar-refractivity contribution >= 4 is 17.9 Å². The summed E-state index contributed by atoms with van der Waals surface area (Å²) in [5, 5.41) is 94.4. The third kappa shape index (κ3) is 6.26. The third-order valence-corrected chi connectivity index (χ3v) is 17.0. The van der Waals surface area contributed by atoms with Gasteiger partial charge >= 0.3 is 17.9 Å². The second-order valence-corrected chi connectivity index (χ2v) is 20.1. The van der Waals surface area contributed by atoms with Crippen LogP contribution in [-0.4, -0.2) is 138 Å². The van der Waals surface area contributed by atoms with Crippen molar-refractivity contribution in [2.75, 3.05) is 6.61 Å². The zero-order valence-electron chi connectivity index (χ0n) is 34.1. The Balaban J connectivity index is 1.19. The Bertz CT molecular complexity index is 1730. The Morgan fingerprint density at radius 2 is 1.33 bits per heavy atom. The maximum absolute atomic E-state index is 12.5. The quantitative estimate of drug-likeness (QED) is 0.158. The number of aliphatic hydroxyl groups is 6. The predicted molar refractivity (Wildman–Crippen MR) is 200 cm³/mol. The Morgan fingerprint density at radius 1 is 0.724 bits per heavy atom. The van der Waals surface area contributed by atoms with Gasteiger partial charge in [-0.2, -0.15) is 0 Å². The molecule has 19 atom stereocenters. The van der Waals surface area contributed by atoms with Crippen molar-refractivity contribution in [3.05, 3.63) is 23.3 Å². The van der Waals surface area contributed by atoms with E-state index in [1.165, 1.54) is 11.1 Å². The molecule has 7 aliphatic rings. The molecule has 0 radical (unpaired) electrons. The first-order valence-corrected chi connectivity index (χ1v) is 20.7. The smallest absolute Gasteiger partial charge is 0.335 e. The van der Waals surface area contributed by atoms with Crippen LogP contribution >= 0.6 is 0 Å². The summed E-state index contributed by atoms with van der Waals surface area (Å²) in [6.45, 7) is 12.7. The highest BCUT2D eigenvalue weighted by Crippen LogP contribution is 2.74. The normalized spacial score (nSPS) is 52.8. The maximum atomic E-state index is 12.5. The van der Waals surface area contributed by atoms with Gasteiger partial charge in [0.2, 0.25) is 0 Å². The van der Waals surface area contributed by atoms with Crippen LogP contribution in [0.2, 0.25) is 0 Å². The van der Waals surface area contributed by atoms with Gasteiger partial charge in [-0.1, -0.05) is 52.3 Å². The first-order chi connectivity index (χ1) is 26.9. The van der Waals surface area contributed by atoms with Gasteiger partial charge in [-0.25, -0.2) is 9.59 Å². The van der Waals surface area contributed by atoms with E-state index < -0.39 is 96.3 Å².